The predicted octanol–water partition coefficient (Wildman–Crippen LogP) is 2.55. The monoisotopic (exact) mass is 402 g/mol. The molecule has 0 spiro atoms. The maximum Gasteiger partial charge on any atom is 0.225 e. The zero-order valence-electron chi connectivity index (χ0n) is 16.2. The number of benzene rings is 1. The summed E-state index contributed by atoms with van der Waals surface area (Å²) >= 11 is 0. The summed E-state index contributed by atoms with van der Waals surface area (Å²) in [6.45, 7) is 5.60. The molecular formula is C21H27ClN4O2. The zero-order valence-corrected chi connectivity index (χ0v) is 17.0. The van der Waals surface area contributed by atoms with Crippen LogP contribution in [0.5, 0.6) is 0 Å². The topological polar surface area (TPSA) is 74.3 Å². The van der Waals surface area contributed by atoms with Crippen LogP contribution in [0.1, 0.15) is 42.1 Å². The summed E-state index contributed by atoms with van der Waals surface area (Å²) in [6.07, 6.45) is 3.78. The Kier molecular flexibility index (Phi) is 7.96. The largest absolute Gasteiger partial charge is 0.349 e. The summed E-state index contributed by atoms with van der Waals surface area (Å²) in [7, 11) is 0. The van der Waals surface area contributed by atoms with Crippen LogP contribution in [0.4, 0.5) is 0 Å². The minimum absolute atomic E-state index is 0. The van der Waals surface area contributed by atoms with Gasteiger partial charge in [-0.1, -0.05) is 35.9 Å². The number of pyridine rings is 1. The van der Waals surface area contributed by atoms with Crippen molar-refractivity contribution in [1.29, 1.82) is 0 Å². The Bertz CT molecular complexity index is 783. The van der Waals surface area contributed by atoms with Gasteiger partial charge in [0, 0.05) is 39.0 Å². The van der Waals surface area contributed by atoms with Gasteiger partial charge in [0.1, 0.15) is 0 Å². The van der Waals surface area contributed by atoms with Gasteiger partial charge in [-0.3, -0.25) is 14.6 Å². The summed E-state index contributed by atoms with van der Waals surface area (Å²) in [5.74, 6) is -0.109. The normalized spacial score (nSPS) is 17.4. The van der Waals surface area contributed by atoms with Crippen LogP contribution in [-0.4, -0.2) is 41.3 Å². The molecule has 2 amide bonds. The van der Waals surface area contributed by atoms with Crippen LogP contribution >= 0.6 is 12.4 Å². The van der Waals surface area contributed by atoms with Crippen LogP contribution in [-0.2, 0) is 9.59 Å². The second-order valence-electron chi connectivity index (χ2n) is 6.96. The fourth-order valence-electron chi connectivity index (χ4n) is 3.46. The first-order valence-electron chi connectivity index (χ1n) is 9.28. The molecule has 0 saturated carbocycles. The number of aryl methyl sites for hydroxylation is 1. The SMILES string of the molecule is CC(=O)NC(CC(=O)N1CCNCC1c1cccnc1)c1ccc(C)cc1.Cl. The zero-order chi connectivity index (χ0) is 19.2. The van der Waals surface area contributed by atoms with Crippen molar-refractivity contribution < 1.29 is 9.59 Å². The molecule has 7 heteroatoms. The van der Waals surface area contributed by atoms with Gasteiger partial charge in [-0.25, -0.2) is 0 Å². The van der Waals surface area contributed by atoms with Crippen LogP contribution in [0.3, 0.4) is 0 Å². The highest BCUT2D eigenvalue weighted by molar-refractivity contribution is 5.85. The third-order valence-corrected chi connectivity index (χ3v) is 4.87. The number of carbonyl (C=O) groups is 2. The van der Waals surface area contributed by atoms with E-state index in [1.807, 2.05) is 54.4 Å². The lowest BCUT2D eigenvalue weighted by atomic mass is 9.99. The Morgan fingerprint density at radius 2 is 2.04 bits per heavy atom. The Morgan fingerprint density at radius 1 is 1.29 bits per heavy atom. The molecule has 3 rings (SSSR count). The van der Waals surface area contributed by atoms with E-state index in [-0.39, 0.29) is 42.7 Å². The van der Waals surface area contributed by atoms with Crippen molar-refractivity contribution in [3.8, 4) is 0 Å². The van der Waals surface area contributed by atoms with E-state index in [0.717, 1.165) is 23.2 Å². The minimum Gasteiger partial charge on any atom is -0.349 e. The third-order valence-electron chi connectivity index (χ3n) is 4.87. The molecular weight excluding hydrogens is 376 g/mol. The number of rotatable bonds is 5. The van der Waals surface area contributed by atoms with Gasteiger partial charge in [-0.2, -0.15) is 0 Å². The smallest absolute Gasteiger partial charge is 0.225 e. The minimum atomic E-state index is -0.333. The van der Waals surface area contributed by atoms with Gasteiger partial charge in [-0.15, -0.1) is 12.4 Å². The first-order chi connectivity index (χ1) is 13.0. The highest BCUT2D eigenvalue weighted by atomic mass is 35.5. The molecule has 1 saturated heterocycles. The number of nitrogens with one attached hydrogen (secondary N) is 2. The highest BCUT2D eigenvalue weighted by Gasteiger charge is 2.30. The van der Waals surface area contributed by atoms with Gasteiger partial charge in [0.15, 0.2) is 0 Å². The van der Waals surface area contributed by atoms with E-state index in [9.17, 15) is 9.59 Å². The molecule has 1 aromatic carbocycles. The van der Waals surface area contributed by atoms with Crippen molar-refractivity contribution in [2.24, 2.45) is 0 Å². The summed E-state index contributed by atoms with van der Waals surface area (Å²) < 4.78 is 0. The molecule has 28 heavy (non-hydrogen) atoms. The number of carbonyl (C=O) groups excluding carboxylic acids is 2. The number of aromatic nitrogens is 1. The molecule has 1 aliphatic rings. The van der Waals surface area contributed by atoms with Crippen LogP contribution in [0.15, 0.2) is 48.8 Å². The van der Waals surface area contributed by atoms with E-state index in [1.54, 1.807) is 6.20 Å². The van der Waals surface area contributed by atoms with E-state index >= 15 is 0 Å². The number of hydrogen-bond acceptors (Lipinski definition) is 4. The fourth-order valence-corrected chi connectivity index (χ4v) is 3.46. The van der Waals surface area contributed by atoms with Crippen molar-refractivity contribution in [1.82, 2.24) is 20.5 Å². The number of piperazine rings is 1. The lowest BCUT2D eigenvalue weighted by Gasteiger charge is -2.37. The molecule has 0 bridgehead atoms. The second kappa shape index (κ2) is 10.2. The van der Waals surface area contributed by atoms with Gasteiger partial charge >= 0.3 is 0 Å². The van der Waals surface area contributed by atoms with Crippen LogP contribution < -0.4 is 10.6 Å². The lowest BCUT2D eigenvalue weighted by Crippen LogP contribution is -2.49. The highest BCUT2D eigenvalue weighted by Crippen LogP contribution is 2.25. The standard InChI is InChI=1S/C21H26N4O2.ClH/c1-15-5-7-17(8-6-15)19(24-16(2)26)12-21(27)25-11-10-23-14-20(25)18-4-3-9-22-13-18;/h3-9,13,19-20,23H,10-12,14H2,1-2H3,(H,24,26);1H. The molecule has 2 N–H and O–H groups in total. The third kappa shape index (κ3) is 5.53. The van der Waals surface area contributed by atoms with E-state index in [0.29, 0.717) is 13.1 Å². The summed E-state index contributed by atoms with van der Waals surface area (Å²) in [4.78, 5) is 30.9. The van der Waals surface area contributed by atoms with E-state index in [2.05, 4.69) is 15.6 Å². The maximum absolute atomic E-state index is 13.1. The number of nitrogens with zero attached hydrogens (tertiary/aromatic N) is 2. The van der Waals surface area contributed by atoms with Crippen molar-refractivity contribution in [2.45, 2.75) is 32.4 Å². The van der Waals surface area contributed by atoms with Gasteiger partial charge in [0.05, 0.1) is 18.5 Å². The molecule has 1 aliphatic heterocycles. The van der Waals surface area contributed by atoms with Crippen molar-refractivity contribution in [3.05, 3.63) is 65.5 Å². The molecule has 1 aromatic heterocycles. The first kappa shape index (κ1) is 21.9. The Labute approximate surface area is 172 Å². The molecule has 2 unspecified atom stereocenters. The van der Waals surface area contributed by atoms with Gasteiger partial charge in [0.2, 0.25) is 11.8 Å². The van der Waals surface area contributed by atoms with Gasteiger partial charge < -0.3 is 15.5 Å². The first-order valence-corrected chi connectivity index (χ1v) is 9.28. The van der Waals surface area contributed by atoms with E-state index in [4.69, 9.17) is 0 Å². The molecule has 2 atom stereocenters. The van der Waals surface area contributed by atoms with Crippen molar-refractivity contribution in [2.75, 3.05) is 19.6 Å². The summed E-state index contributed by atoms with van der Waals surface area (Å²) in [6, 6.07) is 11.4. The molecule has 2 aromatic rings. The molecule has 0 radical (unpaired) electrons. The van der Waals surface area contributed by atoms with Gasteiger partial charge in [-0.05, 0) is 24.1 Å². The number of amides is 2. The Hall–Kier alpha value is -2.44. The molecule has 0 aliphatic carbocycles. The quantitative estimate of drug-likeness (QED) is 0.806. The number of halogens is 1. The Morgan fingerprint density at radius 3 is 2.68 bits per heavy atom. The number of hydrogen-bond donors (Lipinski definition) is 2. The Balaban J connectivity index is 0.00000280. The second-order valence-corrected chi connectivity index (χ2v) is 6.96. The van der Waals surface area contributed by atoms with Crippen LogP contribution in [0.2, 0.25) is 0 Å². The average molecular weight is 403 g/mol. The predicted molar refractivity (Wildman–Crippen MR) is 111 cm³/mol. The summed E-state index contributed by atoms with van der Waals surface area (Å²) in [5, 5.41) is 6.28. The van der Waals surface area contributed by atoms with Crippen molar-refractivity contribution >= 4 is 24.2 Å². The molecule has 1 fully saturated rings. The van der Waals surface area contributed by atoms with E-state index in [1.165, 1.54) is 6.92 Å². The maximum atomic E-state index is 13.1. The summed E-state index contributed by atoms with van der Waals surface area (Å²) in [5.41, 5.74) is 3.10. The fraction of sp³-hybridized carbons (Fsp3) is 0.381. The van der Waals surface area contributed by atoms with Crippen LogP contribution in [0, 0.1) is 6.92 Å². The molecule has 6 nitrogen and oxygen atoms in total. The molecule has 150 valence electrons. The van der Waals surface area contributed by atoms with Crippen molar-refractivity contribution in [3.63, 3.8) is 0 Å². The molecule has 2 heterocycles. The lowest BCUT2D eigenvalue weighted by molar-refractivity contribution is -0.135. The van der Waals surface area contributed by atoms with E-state index < -0.39 is 0 Å². The van der Waals surface area contributed by atoms with Gasteiger partial charge in [0.25, 0.3) is 0 Å². The average Bonchev–Trinajstić information content (AvgIpc) is 2.68. The van der Waals surface area contributed by atoms with Crippen LogP contribution in [0.25, 0.3) is 0 Å².